The highest BCUT2D eigenvalue weighted by molar-refractivity contribution is 7.91. The summed E-state index contributed by atoms with van der Waals surface area (Å²) in [6.45, 7) is 4.67. The molecule has 2 aliphatic rings. The second-order valence-corrected chi connectivity index (χ2v) is 8.27. The Balaban J connectivity index is 1.85. The molecule has 17 heavy (non-hydrogen) atoms. The van der Waals surface area contributed by atoms with Gasteiger partial charge >= 0.3 is 0 Å². The summed E-state index contributed by atoms with van der Waals surface area (Å²) in [5, 5.41) is 3.71. The highest BCUT2D eigenvalue weighted by atomic mass is 32.2. The Morgan fingerprint density at radius 2 is 1.65 bits per heavy atom. The molecule has 0 aromatic rings. The van der Waals surface area contributed by atoms with Gasteiger partial charge in [-0.05, 0) is 31.1 Å². The van der Waals surface area contributed by atoms with Crippen molar-refractivity contribution in [3.63, 3.8) is 0 Å². The van der Waals surface area contributed by atoms with Crippen molar-refractivity contribution in [3.05, 3.63) is 0 Å². The molecule has 1 heterocycles. The van der Waals surface area contributed by atoms with Crippen LogP contribution in [0, 0.1) is 11.8 Å². The molecule has 2 rings (SSSR count). The molecule has 3 nitrogen and oxygen atoms in total. The Bertz CT molecular complexity index is 338. The van der Waals surface area contributed by atoms with E-state index >= 15 is 0 Å². The Labute approximate surface area is 105 Å². The van der Waals surface area contributed by atoms with E-state index in [-0.39, 0.29) is 0 Å². The number of rotatable bonds is 2. The summed E-state index contributed by atoms with van der Waals surface area (Å²) in [6.07, 6.45) is 5.53. The fourth-order valence-electron chi connectivity index (χ4n) is 3.18. The minimum absolute atomic E-state index is 0.376. The first-order chi connectivity index (χ1) is 7.98. The van der Waals surface area contributed by atoms with Crippen LogP contribution in [0.15, 0.2) is 0 Å². The van der Waals surface area contributed by atoms with Gasteiger partial charge in [0.2, 0.25) is 0 Å². The van der Waals surface area contributed by atoms with Crippen LogP contribution in [0.5, 0.6) is 0 Å². The Morgan fingerprint density at radius 3 is 2.29 bits per heavy atom. The average Bonchev–Trinajstić information content (AvgIpc) is 2.27. The third-order valence-corrected chi connectivity index (χ3v) is 6.43. The van der Waals surface area contributed by atoms with Gasteiger partial charge in [-0.1, -0.05) is 26.7 Å². The molecule has 1 aliphatic carbocycles. The van der Waals surface area contributed by atoms with Gasteiger partial charge in [0.15, 0.2) is 0 Å². The van der Waals surface area contributed by atoms with E-state index in [2.05, 4.69) is 19.2 Å². The molecule has 0 radical (unpaired) electrons. The maximum Gasteiger partial charge on any atom is 0.150 e. The van der Waals surface area contributed by atoms with E-state index < -0.39 is 9.84 Å². The second kappa shape index (κ2) is 5.27. The van der Waals surface area contributed by atoms with Crippen LogP contribution in [0.4, 0.5) is 0 Å². The van der Waals surface area contributed by atoms with Gasteiger partial charge < -0.3 is 5.32 Å². The van der Waals surface area contributed by atoms with E-state index in [0.717, 1.165) is 24.7 Å². The minimum Gasteiger partial charge on any atom is -0.311 e. The molecule has 0 aromatic heterocycles. The number of hydrogen-bond acceptors (Lipinski definition) is 3. The molecule has 1 saturated heterocycles. The second-order valence-electron chi connectivity index (χ2n) is 5.97. The van der Waals surface area contributed by atoms with Crippen LogP contribution in [-0.4, -0.2) is 32.0 Å². The topological polar surface area (TPSA) is 46.2 Å². The lowest BCUT2D eigenvalue weighted by molar-refractivity contribution is 0.190. The van der Waals surface area contributed by atoms with Crippen molar-refractivity contribution in [2.75, 3.05) is 11.5 Å². The van der Waals surface area contributed by atoms with Crippen molar-refractivity contribution in [3.8, 4) is 0 Å². The van der Waals surface area contributed by atoms with E-state index in [0.29, 0.717) is 23.6 Å². The van der Waals surface area contributed by atoms with Crippen LogP contribution >= 0.6 is 0 Å². The molecule has 1 N–H and O–H groups in total. The molecule has 2 fully saturated rings. The van der Waals surface area contributed by atoms with Crippen LogP contribution in [-0.2, 0) is 9.84 Å². The predicted molar refractivity (Wildman–Crippen MR) is 70.8 cm³/mol. The maximum absolute atomic E-state index is 11.4. The fourth-order valence-corrected chi connectivity index (χ4v) is 4.67. The number of nitrogens with one attached hydrogen (secondary N) is 1. The monoisotopic (exact) mass is 259 g/mol. The van der Waals surface area contributed by atoms with E-state index in [1.54, 1.807) is 0 Å². The van der Waals surface area contributed by atoms with E-state index in [1.807, 2.05) is 0 Å². The summed E-state index contributed by atoms with van der Waals surface area (Å²) in [5.41, 5.74) is 0. The van der Waals surface area contributed by atoms with Crippen LogP contribution < -0.4 is 5.32 Å². The van der Waals surface area contributed by atoms with Crippen molar-refractivity contribution in [1.29, 1.82) is 0 Å². The number of sulfone groups is 1. The van der Waals surface area contributed by atoms with Gasteiger partial charge in [-0.3, -0.25) is 0 Å². The zero-order valence-electron chi connectivity index (χ0n) is 11.0. The van der Waals surface area contributed by atoms with Gasteiger partial charge in [-0.2, -0.15) is 0 Å². The van der Waals surface area contributed by atoms with Crippen molar-refractivity contribution < 1.29 is 8.42 Å². The lowest BCUT2D eigenvalue weighted by atomic mass is 9.77. The van der Waals surface area contributed by atoms with Crippen LogP contribution in [0.2, 0.25) is 0 Å². The van der Waals surface area contributed by atoms with Crippen LogP contribution in [0.1, 0.15) is 46.0 Å². The largest absolute Gasteiger partial charge is 0.311 e. The maximum atomic E-state index is 11.4. The van der Waals surface area contributed by atoms with Crippen molar-refractivity contribution in [2.45, 2.75) is 58.0 Å². The molecule has 1 aliphatic heterocycles. The highest BCUT2D eigenvalue weighted by Crippen LogP contribution is 2.30. The van der Waals surface area contributed by atoms with Gasteiger partial charge in [-0.15, -0.1) is 0 Å². The first-order valence-electron chi connectivity index (χ1n) is 6.94. The molecule has 100 valence electrons. The molecule has 3 atom stereocenters. The van der Waals surface area contributed by atoms with E-state index in [9.17, 15) is 8.42 Å². The van der Waals surface area contributed by atoms with Gasteiger partial charge in [0.25, 0.3) is 0 Å². The summed E-state index contributed by atoms with van der Waals surface area (Å²) in [7, 11) is -2.72. The zero-order valence-corrected chi connectivity index (χ0v) is 11.8. The van der Waals surface area contributed by atoms with Crippen LogP contribution in [0.3, 0.4) is 0 Å². The smallest absolute Gasteiger partial charge is 0.150 e. The highest BCUT2D eigenvalue weighted by Gasteiger charge is 2.30. The SMILES string of the molecule is CC1CCCC(NC2CCS(=O)(=O)CC2)C1C. The first kappa shape index (κ1) is 13.3. The van der Waals surface area contributed by atoms with Crippen molar-refractivity contribution in [1.82, 2.24) is 5.32 Å². The fraction of sp³-hybridized carbons (Fsp3) is 1.00. The predicted octanol–water partition coefficient (Wildman–Crippen LogP) is 1.98. The van der Waals surface area contributed by atoms with Gasteiger partial charge in [0.1, 0.15) is 9.84 Å². The lowest BCUT2D eigenvalue weighted by Gasteiger charge is -2.38. The van der Waals surface area contributed by atoms with Crippen molar-refractivity contribution in [2.24, 2.45) is 11.8 Å². The summed E-state index contributed by atoms with van der Waals surface area (Å²) in [6, 6.07) is 1.03. The quantitative estimate of drug-likeness (QED) is 0.825. The third kappa shape index (κ3) is 3.44. The Morgan fingerprint density at radius 1 is 1.00 bits per heavy atom. The van der Waals surface area contributed by atoms with Gasteiger partial charge in [0, 0.05) is 12.1 Å². The standard InChI is InChI=1S/C13H25NO2S/c1-10-4-3-5-13(11(10)2)14-12-6-8-17(15,16)9-7-12/h10-14H,3-9H2,1-2H3. The molecule has 4 heteroatoms. The Kier molecular flexibility index (Phi) is 4.14. The van der Waals surface area contributed by atoms with Crippen LogP contribution in [0.25, 0.3) is 0 Å². The number of hydrogen-bond donors (Lipinski definition) is 1. The minimum atomic E-state index is -2.72. The molecule has 3 unspecified atom stereocenters. The molecule has 0 bridgehead atoms. The normalized spacial score (nSPS) is 39.1. The summed E-state index contributed by atoms with van der Waals surface area (Å²) in [5.74, 6) is 2.28. The summed E-state index contributed by atoms with van der Waals surface area (Å²) < 4.78 is 22.8. The summed E-state index contributed by atoms with van der Waals surface area (Å²) >= 11 is 0. The molecular weight excluding hydrogens is 234 g/mol. The van der Waals surface area contributed by atoms with Crippen molar-refractivity contribution >= 4 is 9.84 Å². The first-order valence-corrected chi connectivity index (χ1v) is 8.76. The van der Waals surface area contributed by atoms with E-state index in [1.165, 1.54) is 19.3 Å². The lowest BCUT2D eigenvalue weighted by Crippen LogP contribution is -2.48. The van der Waals surface area contributed by atoms with E-state index in [4.69, 9.17) is 0 Å². The molecule has 1 saturated carbocycles. The zero-order chi connectivity index (χ0) is 12.5. The molecule has 0 spiro atoms. The third-order valence-electron chi connectivity index (χ3n) is 4.71. The molecule has 0 amide bonds. The Hall–Kier alpha value is -0.0900. The molecular formula is C13H25NO2S. The molecule has 0 aromatic carbocycles. The van der Waals surface area contributed by atoms with Gasteiger partial charge in [0.05, 0.1) is 11.5 Å². The summed E-state index contributed by atoms with van der Waals surface area (Å²) in [4.78, 5) is 0. The van der Waals surface area contributed by atoms with Gasteiger partial charge in [-0.25, -0.2) is 8.42 Å². The average molecular weight is 259 g/mol.